The van der Waals surface area contributed by atoms with Crippen LogP contribution in [0.25, 0.3) is 22.7 Å². The molecule has 9 heteroatoms. The van der Waals surface area contributed by atoms with Crippen molar-refractivity contribution in [2.45, 2.75) is 52.1 Å². The van der Waals surface area contributed by atoms with E-state index in [0.717, 1.165) is 30.4 Å². The van der Waals surface area contributed by atoms with Gasteiger partial charge in [-0.3, -0.25) is 14.2 Å². The first kappa shape index (κ1) is 26.2. The van der Waals surface area contributed by atoms with E-state index in [-0.39, 0.29) is 11.5 Å². The second-order valence-electron chi connectivity index (χ2n) is 9.94. The van der Waals surface area contributed by atoms with Gasteiger partial charge in [0.25, 0.3) is 5.56 Å². The molecule has 0 bridgehead atoms. The zero-order valence-corrected chi connectivity index (χ0v) is 22.4. The summed E-state index contributed by atoms with van der Waals surface area (Å²) in [5, 5.41) is 7.45. The second-order valence-corrected chi connectivity index (χ2v) is 9.94. The van der Waals surface area contributed by atoms with Crippen molar-refractivity contribution >= 4 is 35.0 Å². The van der Waals surface area contributed by atoms with Crippen LogP contribution in [-0.4, -0.2) is 38.4 Å². The number of fused-ring (bicyclic) bond motifs is 1. The minimum atomic E-state index is -0.395. The summed E-state index contributed by atoms with van der Waals surface area (Å²) >= 11 is 0. The van der Waals surface area contributed by atoms with Gasteiger partial charge in [-0.25, -0.2) is 9.97 Å². The molecule has 0 radical (unpaired) electrons. The lowest BCUT2D eigenvalue weighted by molar-refractivity contribution is -0.104. The Morgan fingerprint density at radius 1 is 1.10 bits per heavy atom. The topological polar surface area (TPSA) is 128 Å². The van der Waals surface area contributed by atoms with Crippen molar-refractivity contribution in [2.75, 3.05) is 17.6 Å². The Bertz CT molecular complexity index is 1610. The Balaban J connectivity index is 1.63. The molecule has 4 N–H and O–H groups in total. The number of hydrogen-bond donors (Lipinski definition) is 3. The summed E-state index contributed by atoms with van der Waals surface area (Å²) in [7, 11) is 0. The minimum Gasteiger partial charge on any atom is -0.368 e. The second kappa shape index (κ2) is 11.2. The van der Waals surface area contributed by atoms with Crippen LogP contribution >= 0.6 is 0 Å². The van der Waals surface area contributed by atoms with E-state index in [0.29, 0.717) is 58.4 Å². The first-order valence-corrected chi connectivity index (χ1v) is 13.3. The van der Waals surface area contributed by atoms with Gasteiger partial charge in [0.1, 0.15) is 17.9 Å². The molecule has 1 fully saturated rings. The number of anilines is 2. The van der Waals surface area contributed by atoms with Crippen molar-refractivity contribution in [2.24, 2.45) is 0 Å². The average molecular weight is 524 g/mol. The highest BCUT2D eigenvalue weighted by atomic mass is 16.1. The van der Waals surface area contributed by atoms with Crippen LogP contribution in [0.5, 0.6) is 0 Å². The van der Waals surface area contributed by atoms with Crippen molar-refractivity contribution in [1.82, 2.24) is 24.8 Å². The van der Waals surface area contributed by atoms with Crippen molar-refractivity contribution < 1.29 is 4.79 Å². The lowest BCUT2D eigenvalue weighted by atomic mass is 10.1. The summed E-state index contributed by atoms with van der Waals surface area (Å²) in [6, 6.07) is 15.3. The standard InChI is InChI=1S/C30H33N7O2/c1-4-24(34-27-23(19(3)33-30(31)36-27)15-20(17-38)16-32-21-13-14-21)28-35-25-12-8-9-18(2)26(25)29(39)37(28)22-10-6-5-7-11-22/h5-12,15,17,21,24,32H,4,13-14,16H2,1-3H3,(H3,31,33,34,36). The summed E-state index contributed by atoms with van der Waals surface area (Å²) in [4.78, 5) is 39.6. The van der Waals surface area contributed by atoms with Crippen LogP contribution < -0.4 is 21.9 Å². The molecule has 39 heavy (non-hydrogen) atoms. The summed E-state index contributed by atoms with van der Waals surface area (Å²) < 4.78 is 1.67. The van der Waals surface area contributed by atoms with E-state index in [1.807, 2.05) is 69.3 Å². The molecule has 0 amide bonds. The largest absolute Gasteiger partial charge is 0.368 e. The first-order valence-electron chi connectivity index (χ1n) is 13.3. The number of nitrogen functional groups attached to an aromatic ring is 1. The third-order valence-corrected chi connectivity index (χ3v) is 6.98. The van der Waals surface area contributed by atoms with Crippen LogP contribution in [-0.2, 0) is 4.79 Å². The first-order chi connectivity index (χ1) is 18.9. The number of carbonyl (C=O) groups is 1. The number of hydrogen-bond acceptors (Lipinski definition) is 8. The van der Waals surface area contributed by atoms with Crippen molar-refractivity contribution in [3.05, 3.63) is 87.1 Å². The molecule has 1 aliphatic carbocycles. The highest BCUT2D eigenvalue weighted by molar-refractivity contribution is 5.85. The molecule has 1 atom stereocenters. The SMILES string of the molecule is CCC(Nc1nc(N)nc(C)c1C=C(C=O)CNC1CC1)c1nc2cccc(C)c2c(=O)n1-c1ccccc1. The Morgan fingerprint density at radius 2 is 1.87 bits per heavy atom. The van der Waals surface area contributed by atoms with Crippen molar-refractivity contribution in [3.63, 3.8) is 0 Å². The molecule has 1 unspecified atom stereocenters. The predicted molar refractivity (Wildman–Crippen MR) is 155 cm³/mol. The van der Waals surface area contributed by atoms with E-state index in [4.69, 9.17) is 10.7 Å². The zero-order chi connectivity index (χ0) is 27.5. The molecule has 0 spiro atoms. The van der Waals surface area contributed by atoms with Gasteiger partial charge in [0, 0.05) is 23.7 Å². The number of nitrogens with one attached hydrogen (secondary N) is 2. The molecule has 1 aliphatic rings. The van der Waals surface area contributed by atoms with E-state index < -0.39 is 6.04 Å². The Kier molecular flexibility index (Phi) is 7.51. The summed E-state index contributed by atoms with van der Waals surface area (Å²) in [5.41, 5.74) is 10.1. The third kappa shape index (κ3) is 5.58. The summed E-state index contributed by atoms with van der Waals surface area (Å²) in [6.45, 7) is 6.24. The number of benzene rings is 2. The quantitative estimate of drug-likeness (QED) is 0.208. The van der Waals surface area contributed by atoms with Crippen molar-refractivity contribution in [3.8, 4) is 5.69 Å². The average Bonchev–Trinajstić information content (AvgIpc) is 3.76. The number of para-hydroxylation sites is 1. The van der Waals surface area contributed by atoms with Gasteiger partial charge in [-0.15, -0.1) is 0 Å². The lowest BCUT2D eigenvalue weighted by Gasteiger charge is -2.23. The van der Waals surface area contributed by atoms with Gasteiger partial charge in [-0.2, -0.15) is 4.98 Å². The van der Waals surface area contributed by atoms with Gasteiger partial charge >= 0.3 is 0 Å². The van der Waals surface area contributed by atoms with Crippen LogP contribution in [0.2, 0.25) is 0 Å². The van der Waals surface area contributed by atoms with Gasteiger partial charge in [0.15, 0.2) is 0 Å². The number of aromatic nitrogens is 4. The maximum atomic E-state index is 13.9. The number of aldehydes is 1. The van der Waals surface area contributed by atoms with Gasteiger partial charge in [-0.05, 0) is 62.9 Å². The van der Waals surface area contributed by atoms with Crippen LogP contribution in [0.15, 0.2) is 58.9 Å². The third-order valence-electron chi connectivity index (χ3n) is 6.98. The molecule has 1 saturated carbocycles. The molecule has 4 aromatic rings. The van der Waals surface area contributed by atoms with E-state index in [1.165, 1.54) is 0 Å². The molecule has 0 saturated heterocycles. The molecule has 2 aromatic carbocycles. The van der Waals surface area contributed by atoms with Gasteiger partial charge in [-0.1, -0.05) is 37.3 Å². The van der Waals surface area contributed by atoms with Crippen LogP contribution in [0, 0.1) is 13.8 Å². The highest BCUT2D eigenvalue weighted by Crippen LogP contribution is 2.28. The predicted octanol–water partition coefficient (Wildman–Crippen LogP) is 4.27. The van der Waals surface area contributed by atoms with Crippen molar-refractivity contribution in [1.29, 1.82) is 0 Å². The van der Waals surface area contributed by atoms with E-state index in [1.54, 1.807) is 10.6 Å². The highest BCUT2D eigenvalue weighted by Gasteiger charge is 2.24. The van der Waals surface area contributed by atoms with Crippen LogP contribution in [0.1, 0.15) is 54.9 Å². The number of nitrogens with zero attached hydrogens (tertiary/aromatic N) is 4. The number of rotatable bonds is 10. The molecular formula is C30H33N7O2. The Hall–Kier alpha value is -4.37. The molecule has 2 aromatic heterocycles. The van der Waals surface area contributed by atoms with E-state index in [9.17, 15) is 9.59 Å². The normalized spacial score (nSPS) is 14.4. The fraction of sp³-hybridized carbons (Fsp3) is 0.300. The maximum absolute atomic E-state index is 13.9. The number of carbonyl (C=O) groups excluding carboxylic acids is 1. The maximum Gasteiger partial charge on any atom is 0.266 e. The zero-order valence-electron chi connectivity index (χ0n) is 22.4. The molecule has 9 nitrogen and oxygen atoms in total. The van der Waals surface area contributed by atoms with Crippen LogP contribution in [0.3, 0.4) is 0 Å². The molecule has 2 heterocycles. The monoisotopic (exact) mass is 523 g/mol. The summed E-state index contributed by atoms with van der Waals surface area (Å²) in [6.07, 6.45) is 5.51. The fourth-order valence-corrected chi connectivity index (χ4v) is 4.74. The van der Waals surface area contributed by atoms with Gasteiger partial charge in [0.2, 0.25) is 5.95 Å². The van der Waals surface area contributed by atoms with E-state index >= 15 is 0 Å². The Labute approximate surface area is 227 Å². The molecule has 5 rings (SSSR count). The van der Waals surface area contributed by atoms with Gasteiger partial charge in [0.05, 0.1) is 28.3 Å². The van der Waals surface area contributed by atoms with Gasteiger partial charge < -0.3 is 16.4 Å². The molecular weight excluding hydrogens is 490 g/mol. The molecule has 200 valence electrons. The fourth-order valence-electron chi connectivity index (χ4n) is 4.74. The smallest absolute Gasteiger partial charge is 0.266 e. The molecule has 0 aliphatic heterocycles. The minimum absolute atomic E-state index is 0.119. The van der Waals surface area contributed by atoms with Crippen LogP contribution in [0.4, 0.5) is 11.8 Å². The van der Waals surface area contributed by atoms with E-state index in [2.05, 4.69) is 20.6 Å². The lowest BCUT2D eigenvalue weighted by Crippen LogP contribution is -2.29. The number of aryl methyl sites for hydroxylation is 2. The number of nitrogens with two attached hydrogens (primary N) is 1. The Morgan fingerprint density at radius 3 is 2.56 bits per heavy atom. The summed E-state index contributed by atoms with van der Waals surface area (Å²) in [5.74, 6) is 1.16.